The summed E-state index contributed by atoms with van der Waals surface area (Å²) in [6, 6.07) is 6.14. The summed E-state index contributed by atoms with van der Waals surface area (Å²) in [5, 5.41) is 0. The van der Waals surface area contributed by atoms with Crippen LogP contribution in [-0.4, -0.2) is 17.4 Å². The molecule has 1 aromatic carbocycles. The lowest BCUT2D eigenvalue weighted by molar-refractivity contribution is -0.130. The van der Waals surface area contributed by atoms with E-state index in [1.165, 1.54) is 24.0 Å². The second-order valence-corrected chi connectivity index (χ2v) is 5.07. The van der Waals surface area contributed by atoms with Gasteiger partial charge in [0.15, 0.2) is 0 Å². The van der Waals surface area contributed by atoms with E-state index in [1.807, 2.05) is 17.0 Å². The van der Waals surface area contributed by atoms with E-state index in [1.54, 1.807) is 6.92 Å². The highest BCUT2D eigenvalue weighted by Crippen LogP contribution is 2.52. The molecule has 1 spiro atoms. The van der Waals surface area contributed by atoms with Gasteiger partial charge in [0.1, 0.15) is 0 Å². The van der Waals surface area contributed by atoms with E-state index in [-0.39, 0.29) is 11.3 Å². The van der Waals surface area contributed by atoms with Crippen LogP contribution in [0.5, 0.6) is 0 Å². The normalized spacial score (nSPS) is 20.7. The summed E-state index contributed by atoms with van der Waals surface area (Å²) in [6.45, 7) is 3.25. The van der Waals surface area contributed by atoms with E-state index >= 15 is 0 Å². The number of amides is 1. The molecule has 1 amide bonds. The average Bonchev–Trinajstić information content (AvgIpc) is 2.97. The molecule has 1 fully saturated rings. The van der Waals surface area contributed by atoms with Crippen molar-refractivity contribution >= 4 is 11.6 Å². The zero-order chi connectivity index (χ0) is 11.3. The van der Waals surface area contributed by atoms with E-state index in [0.29, 0.717) is 0 Å². The molecule has 0 unspecified atom stereocenters. The molecule has 0 bridgehead atoms. The third kappa shape index (κ3) is 1.31. The minimum Gasteiger partial charge on any atom is -0.399 e. The van der Waals surface area contributed by atoms with E-state index < -0.39 is 0 Å². The van der Waals surface area contributed by atoms with E-state index in [9.17, 15) is 4.79 Å². The number of hydrogen-bond acceptors (Lipinski definition) is 2. The van der Waals surface area contributed by atoms with Gasteiger partial charge in [-0.1, -0.05) is 6.07 Å². The number of carbonyl (C=O) groups is 1. The Morgan fingerprint density at radius 2 is 2.19 bits per heavy atom. The first-order chi connectivity index (χ1) is 7.61. The third-order valence-electron chi connectivity index (χ3n) is 3.85. The molecule has 1 aliphatic heterocycles. The molecule has 2 aliphatic rings. The lowest BCUT2D eigenvalue weighted by atomic mass is 9.86. The number of nitrogens with two attached hydrogens (primary N) is 1. The fourth-order valence-electron chi connectivity index (χ4n) is 2.77. The molecule has 3 rings (SSSR count). The maximum absolute atomic E-state index is 11.5. The minimum atomic E-state index is 0.166. The largest absolute Gasteiger partial charge is 0.399 e. The van der Waals surface area contributed by atoms with Crippen molar-refractivity contribution < 1.29 is 4.79 Å². The lowest BCUT2D eigenvalue weighted by Gasteiger charge is -2.34. The fourth-order valence-corrected chi connectivity index (χ4v) is 2.77. The van der Waals surface area contributed by atoms with Crippen molar-refractivity contribution in [2.45, 2.75) is 31.7 Å². The van der Waals surface area contributed by atoms with Gasteiger partial charge in [0, 0.05) is 31.1 Å². The van der Waals surface area contributed by atoms with Gasteiger partial charge in [0.2, 0.25) is 5.91 Å². The molecule has 0 atom stereocenters. The Kier molecular flexibility index (Phi) is 1.82. The van der Waals surface area contributed by atoms with Gasteiger partial charge in [0.25, 0.3) is 0 Å². The molecule has 16 heavy (non-hydrogen) atoms. The number of hydrogen-bond donors (Lipinski definition) is 1. The van der Waals surface area contributed by atoms with Crippen LogP contribution in [0.4, 0.5) is 5.69 Å². The van der Waals surface area contributed by atoms with Crippen molar-refractivity contribution in [2.24, 2.45) is 0 Å². The second kappa shape index (κ2) is 3.00. The number of anilines is 1. The van der Waals surface area contributed by atoms with Crippen LogP contribution >= 0.6 is 0 Å². The maximum Gasteiger partial charge on any atom is 0.219 e. The van der Waals surface area contributed by atoms with Crippen LogP contribution in [0, 0.1) is 0 Å². The highest BCUT2D eigenvalue weighted by Gasteiger charge is 2.49. The van der Waals surface area contributed by atoms with Crippen molar-refractivity contribution in [3.05, 3.63) is 29.3 Å². The molecule has 3 nitrogen and oxygen atoms in total. The van der Waals surface area contributed by atoms with Gasteiger partial charge in [-0.15, -0.1) is 0 Å². The molecular weight excluding hydrogens is 200 g/mol. The maximum atomic E-state index is 11.5. The Bertz CT molecular complexity index is 463. The average molecular weight is 216 g/mol. The van der Waals surface area contributed by atoms with Crippen molar-refractivity contribution in [3.63, 3.8) is 0 Å². The molecule has 0 aromatic heterocycles. The Balaban J connectivity index is 2.06. The molecule has 1 saturated carbocycles. The van der Waals surface area contributed by atoms with Crippen LogP contribution in [0.2, 0.25) is 0 Å². The van der Waals surface area contributed by atoms with Gasteiger partial charge in [-0.2, -0.15) is 0 Å². The topological polar surface area (TPSA) is 46.3 Å². The van der Waals surface area contributed by atoms with Gasteiger partial charge >= 0.3 is 0 Å². The molecule has 2 N–H and O–H groups in total. The Morgan fingerprint density at radius 3 is 2.81 bits per heavy atom. The Morgan fingerprint density at radius 1 is 1.44 bits per heavy atom. The molecule has 0 saturated heterocycles. The molecule has 1 aromatic rings. The summed E-state index contributed by atoms with van der Waals surface area (Å²) in [7, 11) is 0. The highest BCUT2D eigenvalue weighted by atomic mass is 16.2. The van der Waals surface area contributed by atoms with Gasteiger partial charge in [-0.05, 0) is 36.1 Å². The van der Waals surface area contributed by atoms with E-state index in [4.69, 9.17) is 5.73 Å². The van der Waals surface area contributed by atoms with E-state index in [2.05, 4.69) is 6.07 Å². The predicted molar refractivity (Wildman–Crippen MR) is 62.9 cm³/mol. The number of rotatable bonds is 0. The second-order valence-electron chi connectivity index (χ2n) is 5.07. The number of nitrogens with zero attached hydrogens (tertiary/aromatic N) is 1. The van der Waals surface area contributed by atoms with Gasteiger partial charge in [-0.3, -0.25) is 4.79 Å². The smallest absolute Gasteiger partial charge is 0.219 e. The molecule has 3 heteroatoms. The molecule has 1 heterocycles. The number of fused-ring (bicyclic) bond motifs is 2. The number of carbonyl (C=O) groups excluding carboxylic acids is 1. The summed E-state index contributed by atoms with van der Waals surface area (Å²) in [5.41, 5.74) is 9.51. The van der Waals surface area contributed by atoms with Crippen LogP contribution in [0.25, 0.3) is 0 Å². The fraction of sp³-hybridized carbons (Fsp3) is 0.462. The first-order valence-corrected chi connectivity index (χ1v) is 5.75. The van der Waals surface area contributed by atoms with Gasteiger partial charge in [0.05, 0.1) is 0 Å². The zero-order valence-corrected chi connectivity index (χ0v) is 9.49. The monoisotopic (exact) mass is 216 g/mol. The third-order valence-corrected chi connectivity index (χ3v) is 3.85. The SMILES string of the molecule is CC(=O)N1Cc2cc(N)ccc2C2(CC2)C1. The van der Waals surface area contributed by atoms with Crippen molar-refractivity contribution in [3.8, 4) is 0 Å². The molecule has 84 valence electrons. The summed E-state index contributed by atoms with van der Waals surface area (Å²) >= 11 is 0. The minimum absolute atomic E-state index is 0.166. The quantitative estimate of drug-likeness (QED) is 0.670. The summed E-state index contributed by atoms with van der Waals surface area (Å²) in [5.74, 6) is 0.166. The highest BCUT2D eigenvalue weighted by molar-refractivity contribution is 5.74. The number of nitrogen functional groups attached to an aromatic ring is 1. The molecule has 0 radical (unpaired) electrons. The zero-order valence-electron chi connectivity index (χ0n) is 9.49. The molecular formula is C13H16N2O. The van der Waals surface area contributed by atoms with Crippen LogP contribution in [0.1, 0.15) is 30.9 Å². The first kappa shape index (κ1) is 9.70. The van der Waals surface area contributed by atoms with Crippen LogP contribution < -0.4 is 5.73 Å². The molecule has 1 aliphatic carbocycles. The summed E-state index contributed by atoms with van der Waals surface area (Å²) in [4.78, 5) is 13.4. The van der Waals surface area contributed by atoms with Crippen molar-refractivity contribution in [2.75, 3.05) is 12.3 Å². The van der Waals surface area contributed by atoms with Crippen molar-refractivity contribution in [1.29, 1.82) is 0 Å². The summed E-state index contributed by atoms with van der Waals surface area (Å²) in [6.07, 6.45) is 2.40. The Labute approximate surface area is 95.2 Å². The van der Waals surface area contributed by atoms with Gasteiger partial charge in [-0.25, -0.2) is 0 Å². The van der Waals surface area contributed by atoms with E-state index in [0.717, 1.165) is 18.8 Å². The van der Waals surface area contributed by atoms with Crippen LogP contribution in [0.15, 0.2) is 18.2 Å². The van der Waals surface area contributed by atoms with Crippen LogP contribution in [-0.2, 0) is 16.8 Å². The van der Waals surface area contributed by atoms with Crippen LogP contribution in [0.3, 0.4) is 0 Å². The summed E-state index contributed by atoms with van der Waals surface area (Å²) < 4.78 is 0. The predicted octanol–water partition coefficient (Wildman–Crippen LogP) is 1.66. The first-order valence-electron chi connectivity index (χ1n) is 5.75. The van der Waals surface area contributed by atoms with Gasteiger partial charge < -0.3 is 10.6 Å². The Hall–Kier alpha value is -1.51. The van der Waals surface area contributed by atoms with Crippen molar-refractivity contribution in [1.82, 2.24) is 4.90 Å². The standard InChI is InChI=1S/C13H16N2O/c1-9(16)15-7-10-6-11(14)2-3-12(10)13(8-15)4-5-13/h2-3,6H,4-5,7-8,14H2,1H3. The number of benzene rings is 1. The lowest BCUT2D eigenvalue weighted by Crippen LogP contribution is -2.40.